The number of rotatable bonds is 15. The summed E-state index contributed by atoms with van der Waals surface area (Å²) in [6.07, 6.45) is 6.61. The van der Waals surface area contributed by atoms with Crippen molar-refractivity contribution in [2.45, 2.75) is 64.3 Å². The van der Waals surface area contributed by atoms with Crippen molar-refractivity contribution in [3.63, 3.8) is 0 Å². The van der Waals surface area contributed by atoms with Crippen LogP contribution < -0.4 is 5.32 Å². The Morgan fingerprint density at radius 2 is 1.42 bits per heavy atom. The maximum Gasteiger partial charge on any atom is 0.330 e. The molecule has 4 rings (SSSR count). The second-order valence-electron chi connectivity index (χ2n) is 9.81. The highest BCUT2D eigenvalue weighted by Gasteiger charge is 2.48. The van der Waals surface area contributed by atoms with Gasteiger partial charge in [0.25, 0.3) is 0 Å². The Morgan fingerprint density at radius 1 is 0.842 bits per heavy atom. The number of nitrogens with one attached hydrogen (secondary N) is 1. The smallest absolute Gasteiger partial charge is 0.330 e. The fourth-order valence-corrected chi connectivity index (χ4v) is 6.87. The van der Waals surface area contributed by atoms with Crippen LogP contribution in [0.1, 0.15) is 69.2 Å². The van der Waals surface area contributed by atoms with Crippen LogP contribution in [0.5, 0.6) is 0 Å². The van der Waals surface area contributed by atoms with E-state index in [0.29, 0.717) is 32.6 Å². The Kier molecular flexibility index (Phi) is 9.90. The van der Waals surface area contributed by atoms with E-state index in [1.54, 1.807) is 6.20 Å². The van der Waals surface area contributed by atoms with Crippen LogP contribution in [-0.2, 0) is 30.4 Å². The van der Waals surface area contributed by atoms with E-state index in [2.05, 4.69) is 36.3 Å². The maximum atomic E-state index is 14.2. The molecule has 2 aromatic carbocycles. The number of aromatic nitrogens is 1. The summed E-state index contributed by atoms with van der Waals surface area (Å²) in [5.41, 5.74) is 3.99. The van der Waals surface area contributed by atoms with Gasteiger partial charge in [0.05, 0.1) is 31.6 Å². The highest BCUT2D eigenvalue weighted by atomic mass is 31.2. The van der Waals surface area contributed by atoms with Crippen molar-refractivity contribution in [1.82, 2.24) is 10.3 Å². The summed E-state index contributed by atoms with van der Waals surface area (Å²) in [6, 6.07) is 21.9. The van der Waals surface area contributed by atoms with Gasteiger partial charge in [-0.2, -0.15) is 0 Å². The van der Waals surface area contributed by atoms with Crippen LogP contribution >= 0.6 is 7.60 Å². The summed E-state index contributed by atoms with van der Waals surface area (Å²) in [5.74, 6) is -0.0748. The molecule has 38 heavy (non-hydrogen) atoms. The van der Waals surface area contributed by atoms with E-state index in [0.717, 1.165) is 53.6 Å². The molecule has 1 heterocycles. The minimum atomic E-state index is -3.27. The zero-order valence-corrected chi connectivity index (χ0v) is 23.4. The first-order valence-corrected chi connectivity index (χ1v) is 15.5. The topological polar surface area (TPSA) is 77.5 Å². The lowest BCUT2D eigenvalue weighted by Crippen LogP contribution is -2.44. The van der Waals surface area contributed by atoms with E-state index < -0.39 is 13.0 Å². The summed E-state index contributed by atoms with van der Waals surface area (Å²) >= 11 is 0. The molecule has 0 saturated carbocycles. The first-order valence-electron chi connectivity index (χ1n) is 13.8. The Balaban J connectivity index is 1.62. The Hall–Kier alpha value is -2.79. The minimum absolute atomic E-state index is 0.0748. The number of fused-ring (bicyclic) bond motifs is 3. The molecule has 7 heteroatoms. The van der Waals surface area contributed by atoms with E-state index >= 15 is 0 Å². The van der Waals surface area contributed by atoms with Crippen LogP contribution in [0.25, 0.3) is 11.1 Å². The molecule has 0 spiro atoms. The van der Waals surface area contributed by atoms with Crippen molar-refractivity contribution >= 4 is 13.5 Å². The van der Waals surface area contributed by atoms with Crippen LogP contribution in [0.3, 0.4) is 0 Å². The first kappa shape index (κ1) is 28.2. The van der Waals surface area contributed by atoms with Gasteiger partial charge in [-0.05, 0) is 60.1 Å². The van der Waals surface area contributed by atoms with Gasteiger partial charge in [-0.1, -0.05) is 81.3 Å². The number of hydrogen-bond acceptors (Lipinski definition) is 5. The number of unbranched alkanes of at least 4 members (excludes halogenated alkanes) is 2. The Labute approximate surface area is 226 Å². The number of amides is 1. The number of benzene rings is 2. The van der Waals surface area contributed by atoms with E-state index in [1.807, 2.05) is 54.6 Å². The highest BCUT2D eigenvalue weighted by molar-refractivity contribution is 7.53. The average Bonchev–Trinajstić information content (AvgIpc) is 3.23. The first-order chi connectivity index (χ1) is 18.5. The molecule has 0 atom stereocenters. The van der Waals surface area contributed by atoms with Crippen LogP contribution in [0.4, 0.5) is 0 Å². The second kappa shape index (κ2) is 13.3. The molecule has 1 aromatic heterocycles. The van der Waals surface area contributed by atoms with Gasteiger partial charge in [-0.15, -0.1) is 0 Å². The van der Waals surface area contributed by atoms with Crippen LogP contribution in [-0.4, -0.2) is 30.3 Å². The minimum Gasteiger partial charge on any atom is -0.349 e. The van der Waals surface area contributed by atoms with E-state index in [1.165, 1.54) is 0 Å². The van der Waals surface area contributed by atoms with Gasteiger partial charge >= 0.3 is 7.60 Å². The lowest BCUT2D eigenvalue weighted by Gasteiger charge is -2.31. The third-order valence-corrected chi connectivity index (χ3v) is 9.18. The molecular weight excluding hydrogens is 495 g/mol. The molecule has 0 aliphatic heterocycles. The molecule has 0 bridgehead atoms. The van der Waals surface area contributed by atoms with Crippen molar-refractivity contribution in [2.75, 3.05) is 19.4 Å². The van der Waals surface area contributed by atoms with Gasteiger partial charge in [-0.3, -0.25) is 14.3 Å². The van der Waals surface area contributed by atoms with Gasteiger partial charge in [0, 0.05) is 6.20 Å². The average molecular weight is 535 g/mol. The monoisotopic (exact) mass is 534 g/mol. The Bertz CT molecular complexity index is 1190. The number of pyridine rings is 1. The molecule has 0 saturated heterocycles. The molecule has 6 nitrogen and oxygen atoms in total. The van der Waals surface area contributed by atoms with Crippen molar-refractivity contribution < 1.29 is 18.4 Å². The number of carbonyl (C=O) groups is 1. The highest BCUT2D eigenvalue weighted by Crippen LogP contribution is 2.54. The number of carbonyl (C=O) groups excluding carboxylic acids is 1. The van der Waals surface area contributed by atoms with E-state index in [9.17, 15) is 9.36 Å². The van der Waals surface area contributed by atoms with Crippen molar-refractivity contribution in [2.24, 2.45) is 0 Å². The number of hydrogen-bond donors (Lipinski definition) is 1. The maximum absolute atomic E-state index is 14.2. The molecule has 1 aliphatic carbocycles. The molecule has 1 aliphatic rings. The molecule has 202 valence electrons. The summed E-state index contributed by atoms with van der Waals surface area (Å²) in [6.45, 7) is 5.33. The number of nitrogens with zero attached hydrogens (tertiary/aromatic N) is 1. The molecule has 1 N–H and O–H groups in total. The third-order valence-electron chi connectivity index (χ3n) is 7.16. The molecular formula is C31H39N2O4P. The predicted octanol–water partition coefficient (Wildman–Crippen LogP) is 7.27. The van der Waals surface area contributed by atoms with Crippen molar-refractivity contribution in [1.29, 1.82) is 0 Å². The summed E-state index contributed by atoms with van der Waals surface area (Å²) in [4.78, 5) is 18.5. The van der Waals surface area contributed by atoms with Crippen LogP contribution in [0.2, 0.25) is 0 Å². The largest absolute Gasteiger partial charge is 0.349 e. The predicted molar refractivity (Wildman–Crippen MR) is 152 cm³/mol. The fourth-order valence-electron chi connectivity index (χ4n) is 5.18. The Morgan fingerprint density at radius 3 is 1.97 bits per heavy atom. The van der Waals surface area contributed by atoms with Crippen LogP contribution in [0.15, 0.2) is 72.9 Å². The fraction of sp³-hybridized carbons (Fsp3) is 0.419. The molecule has 1 amide bonds. The normalized spacial score (nSPS) is 13.6. The van der Waals surface area contributed by atoms with Gasteiger partial charge in [0.15, 0.2) is 0 Å². The van der Waals surface area contributed by atoms with Gasteiger partial charge < -0.3 is 14.4 Å². The molecule has 3 aromatic rings. The standard InChI is InChI=1S/C31H39N2O4P/c1-3-5-21-36-38(35,37-22-6-4-2)23-13-19-31(30(34)33-24-25-14-11-12-20-32-25)28-17-9-7-15-26(28)27-16-8-10-18-29(27)31/h7-12,14-18,20H,3-6,13,19,21-24H2,1-2H3,(H,33,34). The summed E-state index contributed by atoms with van der Waals surface area (Å²) in [5, 5.41) is 3.16. The molecule has 0 unspecified atom stereocenters. The molecule has 0 radical (unpaired) electrons. The zero-order valence-electron chi connectivity index (χ0n) is 22.5. The van der Waals surface area contributed by atoms with Crippen molar-refractivity contribution in [3.8, 4) is 11.1 Å². The van der Waals surface area contributed by atoms with Gasteiger partial charge in [0.1, 0.15) is 5.41 Å². The van der Waals surface area contributed by atoms with E-state index in [-0.39, 0.29) is 12.1 Å². The van der Waals surface area contributed by atoms with Gasteiger partial charge in [0.2, 0.25) is 5.91 Å². The third kappa shape index (κ3) is 6.26. The van der Waals surface area contributed by atoms with Crippen LogP contribution in [0, 0.1) is 0 Å². The quantitative estimate of drug-likeness (QED) is 0.164. The summed E-state index contributed by atoms with van der Waals surface area (Å²) < 4.78 is 25.3. The second-order valence-corrected chi connectivity index (χ2v) is 12.0. The lowest BCUT2D eigenvalue weighted by molar-refractivity contribution is -0.125. The summed E-state index contributed by atoms with van der Waals surface area (Å²) in [7, 11) is -3.27. The lowest BCUT2D eigenvalue weighted by atomic mass is 9.73. The van der Waals surface area contributed by atoms with E-state index in [4.69, 9.17) is 9.05 Å². The van der Waals surface area contributed by atoms with Gasteiger partial charge in [-0.25, -0.2) is 0 Å². The molecule has 0 fully saturated rings. The van der Waals surface area contributed by atoms with Crippen molar-refractivity contribution in [3.05, 3.63) is 89.7 Å². The zero-order chi connectivity index (χ0) is 26.8. The SMILES string of the molecule is CCCCOP(=O)(CCCC1(C(=O)NCc2ccccn2)c2ccccc2-c2ccccc21)OCCCC.